The molecule has 1 rings (SSSR count). The van der Waals surface area contributed by atoms with Crippen molar-refractivity contribution in [2.24, 2.45) is 0 Å². The highest BCUT2D eigenvalue weighted by atomic mass is 32.2. The molecule has 1 aromatic carbocycles. The monoisotopic (exact) mass is 301 g/mol. The lowest BCUT2D eigenvalue weighted by Gasteiger charge is -2.14. The molecule has 0 aliphatic heterocycles. The molecule has 0 aliphatic rings. The molecule has 7 nitrogen and oxygen atoms in total. The summed E-state index contributed by atoms with van der Waals surface area (Å²) >= 11 is 0. The van der Waals surface area contributed by atoms with Crippen molar-refractivity contribution in [2.45, 2.75) is 12.5 Å². The third-order valence-corrected chi connectivity index (χ3v) is 3.19. The summed E-state index contributed by atoms with van der Waals surface area (Å²) in [5, 5.41) is 20.3. The van der Waals surface area contributed by atoms with E-state index < -0.39 is 33.5 Å². The molecule has 0 radical (unpaired) electrons. The molecule has 0 unspecified atom stereocenters. The van der Waals surface area contributed by atoms with Gasteiger partial charge in [0.15, 0.2) is 9.84 Å². The Balaban J connectivity index is 2.72. The van der Waals surface area contributed by atoms with Crippen LogP contribution in [0.1, 0.15) is 5.56 Å². The second-order valence-electron chi connectivity index (χ2n) is 4.40. The van der Waals surface area contributed by atoms with Crippen LogP contribution in [0.3, 0.4) is 0 Å². The standard InChI is InChI=1S/C12H15NO6S/c1-20(18,19)7-11(15)13-10(12(16)17)6-8-2-4-9(14)5-3-8/h2-5,10,14H,6-7H2,1H3,(H,13,15)(H,16,17)/t10-/m1/s1. The lowest BCUT2D eigenvalue weighted by Crippen LogP contribution is -2.44. The molecule has 0 spiro atoms. The van der Waals surface area contributed by atoms with Gasteiger partial charge < -0.3 is 15.5 Å². The Morgan fingerprint density at radius 3 is 2.25 bits per heavy atom. The van der Waals surface area contributed by atoms with E-state index in [0.717, 1.165) is 6.26 Å². The van der Waals surface area contributed by atoms with Crippen LogP contribution in [0.5, 0.6) is 5.75 Å². The molecular formula is C12H15NO6S. The molecule has 8 heteroatoms. The molecule has 0 aromatic heterocycles. The number of hydrogen-bond acceptors (Lipinski definition) is 5. The van der Waals surface area contributed by atoms with Gasteiger partial charge in [-0.15, -0.1) is 0 Å². The van der Waals surface area contributed by atoms with E-state index in [1.807, 2.05) is 0 Å². The molecule has 0 saturated carbocycles. The number of phenolic OH excluding ortho intramolecular Hbond substituents is 1. The summed E-state index contributed by atoms with van der Waals surface area (Å²) in [5.41, 5.74) is 0.592. The molecule has 0 aliphatic carbocycles. The maximum Gasteiger partial charge on any atom is 0.326 e. The van der Waals surface area contributed by atoms with Gasteiger partial charge in [-0.3, -0.25) is 4.79 Å². The highest BCUT2D eigenvalue weighted by Crippen LogP contribution is 2.11. The number of hydrogen-bond donors (Lipinski definition) is 3. The fraction of sp³-hybridized carbons (Fsp3) is 0.333. The van der Waals surface area contributed by atoms with E-state index in [4.69, 9.17) is 10.2 Å². The molecular weight excluding hydrogens is 286 g/mol. The maximum absolute atomic E-state index is 11.4. The maximum atomic E-state index is 11.4. The van der Waals surface area contributed by atoms with Crippen molar-refractivity contribution >= 4 is 21.7 Å². The zero-order valence-corrected chi connectivity index (χ0v) is 11.6. The average molecular weight is 301 g/mol. The number of aliphatic carboxylic acids is 1. The Labute approximate surface area is 116 Å². The van der Waals surface area contributed by atoms with E-state index in [-0.39, 0.29) is 12.2 Å². The second-order valence-corrected chi connectivity index (χ2v) is 6.54. The first-order valence-corrected chi connectivity index (χ1v) is 7.71. The minimum absolute atomic E-state index is 0.00881. The Morgan fingerprint density at radius 1 is 1.25 bits per heavy atom. The summed E-state index contributed by atoms with van der Waals surface area (Å²) in [6.07, 6.45) is 0.882. The summed E-state index contributed by atoms with van der Waals surface area (Å²) in [6, 6.07) is 4.61. The zero-order chi connectivity index (χ0) is 15.3. The van der Waals surface area contributed by atoms with Crippen LogP contribution in [-0.2, 0) is 25.8 Å². The first-order chi connectivity index (χ1) is 9.17. The minimum Gasteiger partial charge on any atom is -0.508 e. The Kier molecular flexibility index (Phi) is 5.09. The van der Waals surface area contributed by atoms with E-state index in [9.17, 15) is 18.0 Å². The molecule has 110 valence electrons. The van der Waals surface area contributed by atoms with Crippen LogP contribution in [0.2, 0.25) is 0 Å². The van der Waals surface area contributed by atoms with E-state index >= 15 is 0 Å². The first-order valence-electron chi connectivity index (χ1n) is 5.65. The van der Waals surface area contributed by atoms with Crippen LogP contribution in [-0.4, -0.2) is 48.6 Å². The van der Waals surface area contributed by atoms with Crippen LogP contribution in [0.25, 0.3) is 0 Å². The number of amides is 1. The van der Waals surface area contributed by atoms with Gasteiger partial charge in [-0.1, -0.05) is 12.1 Å². The fourth-order valence-corrected chi connectivity index (χ4v) is 2.10. The number of sulfone groups is 1. The van der Waals surface area contributed by atoms with Crippen molar-refractivity contribution in [3.63, 3.8) is 0 Å². The minimum atomic E-state index is -3.51. The van der Waals surface area contributed by atoms with Gasteiger partial charge in [-0.2, -0.15) is 0 Å². The lowest BCUT2D eigenvalue weighted by atomic mass is 10.1. The fourth-order valence-electron chi connectivity index (χ4n) is 1.54. The van der Waals surface area contributed by atoms with Gasteiger partial charge in [0.25, 0.3) is 0 Å². The number of benzene rings is 1. The van der Waals surface area contributed by atoms with Crippen molar-refractivity contribution in [3.05, 3.63) is 29.8 Å². The summed E-state index contributed by atoms with van der Waals surface area (Å²) in [7, 11) is -3.51. The zero-order valence-electron chi connectivity index (χ0n) is 10.7. The second kappa shape index (κ2) is 6.38. The van der Waals surface area contributed by atoms with E-state index in [1.165, 1.54) is 24.3 Å². The predicted molar refractivity (Wildman–Crippen MR) is 71.1 cm³/mol. The summed E-state index contributed by atoms with van der Waals surface area (Å²) in [5.74, 6) is -2.84. The van der Waals surface area contributed by atoms with Gasteiger partial charge in [0.1, 0.15) is 17.5 Å². The van der Waals surface area contributed by atoms with Crippen LogP contribution in [0.4, 0.5) is 0 Å². The number of rotatable bonds is 6. The Morgan fingerprint density at radius 2 is 1.80 bits per heavy atom. The average Bonchev–Trinajstić information content (AvgIpc) is 2.28. The number of nitrogens with one attached hydrogen (secondary N) is 1. The van der Waals surface area contributed by atoms with Gasteiger partial charge in [0.2, 0.25) is 5.91 Å². The van der Waals surface area contributed by atoms with Gasteiger partial charge in [0, 0.05) is 12.7 Å². The van der Waals surface area contributed by atoms with Crippen LogP contribution in [0, 0.1) is 0 Å². The predicted octanol–water partition coefficient (Wildman–Crippen LogP) is -0.451. The smallest absolute Gasteiger partial charge is 0.326 e. The molecule has 1 amide bonds. The number of carboxylic acids is 1. The lowest BCUT2D eigenvalue weighted by molar-refractivity contribution is -0.141. The number of phenols is 1. The van der Waals surface area contributed by atoms with Crippen molar-refractivity contribution in [3.8, 4) is 5.75 Å². The molecule has 1 aromatic rings. The van der Waals surface area contributed by atoms with Crippen LogP contribution >= 0.6 is 0 Å². The highest BCUT2D eigenvalue weighted by molar-refractivity contribution is 7.91. The van der Waals surface area contributed by atoms with E-state index in [2.05, 4.69) is 5.32 Å². The van der Waals surface area contributed by atoms with Crippen molar-refractivity contribution in [1.29, 1.82) is 0 Å². The number of aromatic hydroxyl groups is 1. The largest absolute Gasteiger partial charge is 0.508 e. The van der Waals surface area contributed by atoms with Crippen LogP contribution < -0.4 is 5.32 Å². The van der Waals surface area contributed by atoms with Crippen molar-refractivity contribution in [2.75, 3.05) is 12.0 Å². The van der Waals surface area contributed by atoms with E-state index in [0.29, 0.717) is 5.56 Å². The third-order valence-electron chi connectivity index (χ3n) is 2.40. The molecule has 3 N–H and O–H groups in total. The highest BCUT2D eigenvalue weighted by Gasteiger charge is 2.22. The van der Waals surface area contributed by atoms with E-state index in [1.54, 1.807) is 0 Å². The Hall–Kier alpha value is -2.09. The quantitative estimate of drug-likeness (QED) is 0.654. The number of carbonyl (C=O) groups excluding carboxylic acids is 1. The van der Waals surface area contributed by atoms with Gasteiger partial charge >= 0.3 is 5.97 Å². The third kappa shape index (κ3) is 5.70. The SMILES string of the molecule is CS(=O)(=O)CC(=O)N[C@H](Cc1ccc(O)cc1)C(=O)O. The topological polar surface area (TPSA) is 121 Å². The molecule has 0 bridgehead atoms. The summed E-state index contributed by atoms with van der Waals surface area (Å²) in [6.45, 7) is 0. The summed E-state index contributed by atoms with van der Waals surface area (Å²) in [4.78, 5) is 22.5. The number of carboxylic acid groups (broad SMARTS) is 1. The summed E-state index contributed by atoms with van der Waals surface area (Å²) < 4.78 is 21.9. The first kappa shape index (κ1) is 16.0. The van der Waals surface area contributed by atoms with Gasteiger partial charge in [-0.05, 0) is 17.7 Å². The molecule has 20 heavy (non-hydrogen) atoms. The normalized spacial score (nSPS) is 12.7. The molecule has 0 heterocycles. The van der Waals surface area contributed by atoms with Crippen LogP contribution in [0.15, 0.2) is 24.3 Å². The van der Waals surface area contributed by atoms with Gasteiger partial charge in [-0.25, -0.2) is 13.2 Å². The van der Waals surface area contributed by atoms with Crippen molar-refractivity contribution < 1.29 is 28.2 Å². The van der Waals surface area contributed by atoms with Gasteiger partial charge in [0.05, 0.1) is 0 Å². The molecule has 0 fully saturated rings. The number of carbonyl (C=O) groups is 2. The molecule has 1 atom stereocenters. The van der Waals surface area contributed by atoms with Crippen molar-refractivity contribution in [1.82, 2.24) is 5.32 Å². The Bertz CT molecular complexity index is 593. The molecule has 0 saturated heterocycles.